The fraction of sp³-hybridized carbons (Fsp3) is 1.00. The maximum absolute atomic E-state index is 9.90. The van der Waals surface area contributed by atoms with E-state index in [9.17, 15) is 5.11 Å². The van der Waals surface area contributed by atoms with E-state index in [0.29, 0.717) is 26.4 Å². The molecule has 0 aromatic heterocycles. The van der Waals surface area contributed by atoms with Gasteiger partial charge < -0.3 is 33.5 Å². The lowest BCUT2D eigenvalue weighted by molar-refractivity contribution is -0.164. The molecule has 0 aliphatic carbocycles. The van der Waals surface area contributed by atoms with Gasteiger partial charge >= 0.3 is 0 Å². The standard InChI is InChI=1S/C17H32O7/c1-5-16(3)21-11-14(23-16)9-19-7-13(18)8-20-10-15-12-22-17(4,6-2)24-15/h13-15,18H,5-12H2,1-4H3. The van der Waals surface area contributed by atoms with Crippen molar-refractivity contribution in [1.29, 1.82) is 0 Å². The van der Waals surface area contributed by atoms with Crippen molar-refractivity contribution in [2.75, 3.05) is 39.6 Å². The van der Waals surface area contributed by atoms with Gasteiger partial charge in [0.25, 0.3) is 0 Å². The second-order valence-electron chi connectivity index (χ2n) is 6.81. The molecule has 7 heteroatoms. The maximum Gasteiger partial charge on any atom is 0.165 e. The lowest BCUT2D eigenvalue weighted by Crippen LogP contribution is -2.30. The Bertz CT molecular complexity index is 346. The molecule has 2 aliphatic rings. The van der Waals surface area contributed by atoms with E-state index in [1.165, 1.54) is 0 Å². The Balaban J connectivity index is 1.51. The quantitative estimate of drug-likeness (QED) is 0.640. The number of hydrogen-bond donors (Lipinski definition) is 1. The number of aliphatic hydroxyl groups excluding tert-OH is 1. The van der Waals surface area contributed by atoms with E-state index in [2.05, 4.69) is 0 Å². The Morgan fingerprint density at radius 2 is 1.33 bits per heavy atom. The lowest BCUT2D eigenvalue weighted by Gasteiger charge is -2.21. The molecule has 4 atom stereocenters. The van der Waals surface area contributed by atoms with Gasteiger partial charge in [-0.3, -0.25) is 0 Å². The predicted molar refractivity (Wildman–Crippen MR) is 86.7 cm³/mol. The second-order valence-corrected chi connectivity index (χ2v) is 6.81. The Hall–Kier alpha value is -0.280. The predicted octanol–water partition coefficient (Wildman–Crippen LogP) is 1.46. The van der Waals surface area contributed by atoms with Crippen LogP contribution in [0, 0.1) is 0 Å². The largest absolute Gasteiger partial charge is 0.388 e. The van der Waals surface area contributed by atoms with Gasteiger partial charge in [0, 0.05) is 0 Å². The molecule has 1 N–H and O–H groups in total. The summed E-state index contributed by atoms with van der Waals surface area (Å²) < 4.78 is 33.7. The van der Waals surface area contributed by atoms with Crippen LogP contribution in [0.15, 0.2) is 0 Å². The minimum absolute atomic E-state index is 0.0844. The molecule has 0 spiro atoms. The van der Waals surface area contributed by atoms with Gasteiger partial charge in [0.05, 0.1) is 39.6 Å². The zero-order valence-corrected chi connectivity index (χ0v) is 15.3. The highest BCUT2D eigenvalue weighted by Crippen LogP contribution is 2.27. The Labute approximate surface area is 144 Å². The molecule has 7 nitrogen and oxygen atoms in total. The molecule has 0 saturated carbocycles. The van der Waals surface area contributed by atoms with Crippen LogP contribution in [0.1, 0.15) is 40.5 Å². The number of rotatable bonds is 10. The molecular weight excluding hydrogens is 316 g/mol. The molecule has 0 aromatic carbocycles. The molecule has 2 heterocycles. The van der Waals surface area contributed by atoms with Crippen LogP contribution in [-0.2, 0) is 28.4 Å². The van der Waals surface area contributed by atoms with E-state index in [1.807, 2.05) is 27.7 Å². The average molecular weight is 348 g/mol. The average Bonchev–Trinajstić information content (AvgIpc) is 3.12. The number of aliphatic hydroxyl groups is 1. The molecule has 24 heavy (non-hydrogen) atoms. The first-order valence-corrected chi connectivity index (χ1v) is 8.85. The first-order valence-electron chi connectivity index (χ1n) is 8.85. The number of hydrogen-bond acceptors (Lipinski definition) is 7. The summed E-state index contributed by atoms with van der Waals surface area (Å²) in [5, 5.41) is 9.90. The topological polar surface area (TPSA) is 75.6 Å². The highest BCUT2D eigenvalue weighted by atomic mass is 16.8. The van der Waals surface area contributed by atoms with Crippen molar-refractivity contribution in [2.45, 2.75) is 70.4 Å². The van der Waals surface area contributed by atoms with Crippen LogP contribution < -0.4 is 0 Å². The SMILES string of the molecule is CCC1(C)OCC(COCC(O)COCC2COC(C)(CC)O2)O1. The van der Waals surface area contributed by atoms with Crippen LogP contribution in [0.4, 0.5) is 0 Å². The van der Waals surface area contributed by atoms with Gasteiger partial charge in [0.2, 0.25) is 0 Å². The van der Waals surface area contributed by atoms with Gasteiger partial charge in [-0.25, -0.2) is 0 Å². The highest BCUT2D eigenvalue weighted by molar-refractivity contribution is 4.74. The van der Waals surface area contributed by atoms with Crippen LogP contribution in [0.25, 0.3) is 0 Å². The summed E-state index contributed by atoms with van der Waals surface area (Å²) in [6.45, 7) is 10.1. The van der Waals surface area contributed by atoms with E-state index in [1.54, 1.807) is 0 Å². The minimum atomic E-state index is -0.676. The van der Waals surface area contributed by atoms with Gasteiger partial charge in [-0.2, -0.15) is 0 Å². The van der Waals surface area contributed by atoms with Gasteiger partial charge in [-0.1, -0.05) is 13.8 Å². The van der Waals surface area contributed by atoms with Gasteiger partial charge in [-0.15, -0.1) is 0 Å². The van der Waals surface area contributed by atoms with Gasteiger partial charge in [0.15, 0.2) is 11.6 Å². The first kappa shape index (κ1) is 20.0. The van der Waals surface area contributed by atoms with E-state index in [0.717, 1.165) is 12.8 Å². The molecule has 0 radical (unpaired) electrons. The Morgan fingerprint density at radius 3 is 1.67 bits per heavy atom. The molecular formula is C17H32O7. The third-order valence-corrected chi connectivity index (χ3v) is 4.49. The summed E-state index contributed by atoms with van der Waals surface area (Å²) in [5.41, 5.74) is 0. The summed E-state index contributed by atoms with van der Waals surface area (Å²) >= 11 is 0. The van der Waals surface area contributed by atoms with Crippen molar-refractivity contribution >= 4 is 0 Å². The Morgan fingerprint density at radius 1 is 0.917 bits per heavy atom. The lowest BCUT2D eigenvalue weighted by atomic mass is 10.2. The van der Waals surface area contributed by atoms with Crippen molar-refractivity contribution in [3.05, 3.63) is 0 Å². The monoisotopic (exact) mass is 348 g/mol. The van der Waals surface area contributed by atoms with Gasteiger partial charge in [-0.05, 0) is 26.7 Å². The third kappa shape index (κ3) is 5.91. The van der Waals surface area contributed by atoms with Crippen LogP contribution >= 0.6 is 0 Å². The molecule has 0 bridgehead atoms. The minimum Gasteiger partial charge on any atom is -0.388 e. The summed E-state index contributed by atoms with van der Waals surface area (Å²) in [5.74, 6) is -1.02. The Kier molecular flexibility index (Phi) is 7.42. The molecule has 0 aromatic rings. The van der Waals surface area contributed by atoms with Crippen LogP contribution in [0.2, 0.25) is 0 Å². The second kappa shape index (κ2) is 8.89. The third-order valence-electron chi connectivity index (χ3n) is 4.49. The molecule has 142 valence electrons. The molecule has 2 aliphatic heterocycles. The van der Waals surface area contributed by atoms with E-state index in [-0.39, 0.29) is 25.4 Å². The summed E-state index contributed by atoms with van der Waals surface area (Å²) in [7, 11) is 0. The van der Waals surface area contributed by atoms with Crippen LogP contribution in [-0.4, -0.2) is 74.6 Å². The van der Waals surface area contributed by atoms with Gasteiger partial charge in [0.1, 0.15) is 18.3 Å². The van der Waals surface area contributed by atoms with Crippen molar-refractivity contribution in [3.63, 3.8) is 0 Å². The summed E-state index contributed by atoms with van der Waals surface area (Å²) in [6, 6.07) is 0. The molecule has 2 saturated heterocycles. The van der Waals surface area contributed by atoms with E-state index < -0.39 is 17.7 Å². The van der Waals surface area contributed by atoms with E-state index >= 15 is 0 Å². The van der Waals surface area contributed by atoms with Crippen molar-refractivity contribution < 1.29 is 33.5 Å². The molecule has 2 rings (SSSR count). The zero-order chi connectivity index (χ0) is 17.6. The molecule has 2 fully saturated rings. The molecule has 0 amide bonds. The fourth-order valence-corrected chi connectivity index (χ4v) is 2.63. The normalized spacial score (nSPS) is 37.9. The smallest absolute Gasteiger partial charge is 0.165 e. The van der Waals surface area contributed by atoms with E-state index in [4.69, 9.17) is 28.4 Å². The maximum atomic E-state index is 9.90. The first-order chi connectivity index (χ1) is 11.4. The zero-order valence-electron chi connectivity index (χ0n) is 15.3. The van der Waals surface area contributed by atoms with Crippen molar-refractivity contribution in [3.8, 4) is 0 Å². The fourth-order valence-electron chi connectivity index (χ4n) is 2.63. The number of ether oxygens (including phenoxy) is 6. The van der Waals surface area contributed by atoms with Crippen molar-refractivity contribution in [2.24, 2.45) is 0 Å². The van der Waals surface area contributed by atoms with Crippen molar-refractivity contribution in [1.82, 2.24) is 0 Å². The van der Waals surface area contributed by atoms with Crippen LogP contribution in [0.5, 0.6) is 0 Å². The molecule has 4 unspecified atom stereocenters. The van der Waals surface area contributed by atoms with Crippen LogP contribution in [0.3, 0.4) is 0 Å². The summed E-state index contributed by atoms with van der Waals surface area (Å²) in [6.07, 6.45) is 0.746. The summed E-state index contributed by atoms with van der Waals surface area (Å²) in [4.78, 5) is 0. The highest BCUT2D eigenvalue weighted by Gasteiger charge is 2.36.